The fourth-order valence-corrected chi connectivity index (χ4v) is 2.72. The van der Waals surface area contributed by atoms with Crippen LogP contribution in [-0.4, -0.2) is 42.8 Å². The Morgan fingerprint density at radius 2 is 2.18 bits per heavy atom. The molecule has 0 spiro atoms. The number of rotatable bonds is 6. The van der Waals surface area contributed by atoms with Gasteiger partial charge in [0.25, 0.3) is 0 Å². The van der Waals surface area contributed by atoms with Gasteiger partial charge in [-0.3, -0.25) is 4.79 Å². The van der Waals surface area contributed by atoms with Crippen LogP contribution in [0.25, 0.3) is 0 Å². The molecule has 1 fully saturated rings. The predicted octanol–water partition coefficient (Wildman–Crippen LogP) is 1.19. The molecule has 0 aliphatic carbocycles. The van der Waals surface area contributed by atoms with Crippen LogP contribution in [0.15, 0.2) is 18.2 Å². The lowest BCUT2D eigenvalue weighted by atomic mass is 10.1. The van der Waals surface area contributed by atoms with Gasteiger partial charge >= 0.3 is 0 Å². The van der Waals surface area contributed by atoms with Gasteiger partial charge in [0, 0.05) is 43.7 Å². The van der Waals surface area contributed by atoms with Crippen LogP contribution in [0.2, 0.25) is 0 Å². The predicted molar refractivity (Wildman–Crippen MR) is 89.0 cm³/mol. The maximum Gasteiger partial charge on any atom is 0.225 e. The molecule has 3 atom stereocenters. The Hall–Kier alpha value is -1.43. The van der Waals surface area contributed by atoms with Crippen LogP contribution in [0.1, 0.15) is 24.5 Å². The molecule has 5 nitrogen and oxygen atoms in total. The van der Waals surface area contributed by atoms with Crippen LogP contribution in [-0.2, 0) is 4.79 Å². The molecular weight excluding hydrogens is 278 g/mol. The topological polar surface area (TPSA) is 73.4 Å². The molecule has 1 aliphatic rings. The number of carbonyl (C=O) groups excluding carboxylic acids is 1. The summed E-state index contributed by atoms with van der Waals surface area (Å²) in [5, 5.41) is 19.2. The van der Waals surface area contributed by atoms with Crippen molar-refractivity contribution in [2.45, 2.75) is 39.3 Å². The highest BCUT2D eigenvalue weighted by molar-refractivity contribution is 5.92. The van der Waals surface area contributed by atoms with E-state index in [0.29, 0.717) is 13.0 Å². The van der Waals surface area contributed by atoms with E-state index in [1.54, 1.807) is 0 Å². The lowest BCUT2D eigenvalue weighted by molar-refractivity contribution is -0.116. The molecule has 5 heteroatoms. The summed E-state index contributed by atoms with van der Waals surface area (Å²) >= 11 is 0. The van der Waals surface area contributed by atoms with Gasteiger partial charge in [0.15, 0.2) is 0 Å². The van der Waals surface area contributed by atoms with Crippen LogP contribution in [0.3, 0.4) is 0 Å². The summed E-state index contributed by atoms with van der Waals surface area (Å²) in [6, 6.07) is 6.00. The molecule has 1 aliphatic heterocycles. The zero-order valence-electron chi connectivity index (χ0n) is 13.6. The lowest BCUT2D eigenvalue weighted by Crippen LogP contribution is -2.37. The second-order valence-electron chi connectivity index (χ2n) is 6.29. The van der Waals surface area contributed by atoms with Gasteiger partial charge < -0.3 is 21.1 Å². The highest BCUT2D eigenvalue weighted by Crippen LogP contribution is 2.18. The third kappa shape index (κ3) is 4.53. The number of β-amino-alcohol motifs (C(OH)–C–C–N with tert-alkyl or cyclic N) is 1. The van der Waals surface area contributed by atoms with Crippen LogP contribution >= 0.6 is 0 Å². The zero-order valence-corrected chi connectivity index (χ0v) is 13.6. The number of carbonyl (C=O) groups is 1. The third-order valence-corrected chi connectivity index (χ3v) is 4.40. The summed E-state index contributed by atoms with van der Waals surface area (Å²) in [4.78, 5) is 12.1. The lowest BCUT2D eigenvalue weighted by Gasteiger charge is -2.19. The molecule has 1 amide bonds. The number of aliphatic hydroxyl groups is 1. The highest BCUT2D eigenvalue weighted by atomic mass is 16.3. The molecule has 1 heterocycles. The van der Waals surface area contributed by atoms with Crippen molar-refractivity contribution in [1.29, 1.82) is 0 Å². The Labute approximate surface area is 132 Å². The minimum absolute atomic E-state index is 0.0128. The first-order valence-corrected chi connectivity index (χ1v) is 7.95. The smallest absolute Gasteiger partial charge is 0.225 e. The summed E-state index contributed by atoms with van der Waals surface area (Å²) in [5.74, 6) is 0.239. The van der Waals surface area contributed by atoms with Gasteiger partial charge in [0.05, 0.1) is 6.10 Å². The van der Waals surface area contributed by atoms with E-state index in [2.05, 4.69) is 16.0 Å². The maximum absolute atomic E-state index is 12.1. The van der Waals surface area contributed by atoms with E-state index in [1.165, 1.54) is 5.56 Å². The van der Waals surface area contributed by atoms with Gasteiger partial charge in [-0.2, -0.15) is 0 Å². The van der Waals surface area contributed by atoms with E-state index in [9.17, 15) is 9.90 Å². The normalized spacial score (nSPS) is 22.5. The standard InChI is InChI=1S/C17H27N3O2/c1-11-5-4-6-15(13(11)3)20-17(22)7-12(2)19-9-14-8-18-10-16(14)21/h4-6,12,14,16,18-19,21H,7-10H2,1-3H3,(H,20,22). The number of nitrogens with one attached hydrogen (secondary N) is 3. The molecule has 0 radical (unpaired) electrons. The average Bonchev–Trinajstić information content (AvgIpc) is 2.87. The van der Waals surface area contributed by atoms with Crippen molar-refractivity contribution in [1.82, 2.24) is 10.6 Å². The molecule has 0 saturated carbocycles. The molecule has 22 heavy (non-hydrogen) atoms. The summed E-state index contributed by atoms with van der Waals surface area (Å²) in [6.45, 7) is 8.27. The third-order valence-electron chi connectivity index (χ3n) is 4.40. The second kappa shape index (κ2) is 7.72. The minimum atomic E-state index is -0.288. The number of hydrogen-bond acceptors (Lipinski definition) is 4. The van der Waals surface area contributed by atoms with Crippen molar-refractivity contribution in [2.75, 3.05) is 25.0 Å². The monoisotopic (exact) mass is 305 g/mol. The van der Waals surface area contributed by atoms with Gasteiger partial charge in [-0.25, -0.2) is 0 Å². The Bertz CT molecular complexity index is 519. The molecule has 2 rings (SSSR count). The molecule has 1 saturated heterocycles. The first-order chi connectivity index (χ1) is 10.5. The first kappa shape index (κ1) is 16.9. The van der Waals surface area contributed by atoms with Gasteiger partial charge in [-0.15, -0.1) is 0 Å². The molecular formula is C17H27N3O2. The molecule has 4 N–H and O–H groups in total. The van der Waals surface area contributed by atoms with E-state index < -0.39 is 0 Å². The highest BCUT2D eigenvalue weighted by Gasteiger charge is 2.25. The molecule has 1 aromatic carbocycles. The number of aryl methyl sites for hydroxylation is 1. The van der Waals surface area contributed by atoms with E-state index in [-0.39, 0.29) is 24.0 Å². The number of anilines is 1. The van der Waals surface area contributed by atoms with Gasteiger partial charge in [0.1, 0.15) is 0 Å². The van der Waals surface area contributed by atoms with Crippen LogP contribution in [0.4, 0.5) is 5.69 Å². The molecule has 1 aromatic rings. The summed E-state index contributed by atoms with van der Waals surface area (Å²) in [6.07, 6.45) is 0.132. The van der Waals surface area contributed by atoms with Crippen LogP contribution in [0.5, 0.6) is 0 Å². The van der Waals surface area contributed by atoms with Crippen molar-refractivity contribution < 1.29 is 9.90 Å². The van der Waals surface area contributed by atoms with Gasteiger partial charge in [-0.05, 0) is 38.0 Å². The van der Waals surface area contributed by atoms with E-state index in [4.69, 9.17) is 0 Å². The fraction of sp³-hybridized carbons (Fsp3) is 0.588. The van der Waals surface area contributed by atoms with Gasteiger partial charge in [0.2, 0.25) is 5.91 Å². The van der Waals surface area contributed by atoms with Crippen molar-refractivity contribution >= 4 is 11.6 Å². The molecule has 0 bridgehead atoms. The van der Waals surface area contributed by atoms with E-state index in [0.717, 1.165) is 24.3 Å². The summed E-state index contributed by atoms with van der Waals surface area (Å²) in [5.41, 5.74) is 3.16. The molecule has 0 aromatic heterocycles. The zero-order chi connectivity index (χ0) is 16.1. The number of hydrogen-bond donors (Lipinski definition) is 4. The number of benzene rings is 1. The maximum atomic E-state index is 12.1. The SMILES string of the molecule is Cc1cccc(NC(=O)CC(C)NCC2CNCC2O)c1C. The number of aliphatic hydroxyl groups excluding tert-OH is 1. The van der Waals surface area contributed by atoms with E-state index in [1.807, 2.05) is 39.0 Å². The average molecular weight is 305 g/mol. The Morgan fingerprint density at radius 3 is 2.86 bits per heavy atom. The molecule has 122 valence electrons. The van der Waals surface area contributed by atoms with Crippen molar-refractivity contribution in [3.63, 3.8) is 0 Å². The van der Waals surface area contributed by atoms with Crippen molar-refractivity contribution in [3.05, 3.63) is 29.3 Å². The fourth-order valence-electron chi connectivity index (χ4n) is 2.72. The minimum Gasteiger partial charge on any atom is -0.391 e. The van der Waals surface area contributed by atoms with Gasteiger partial charge in [-0.1, -0.05) is 12.1 Å². The summed E-state index contributed by atoms with van der Waals surface area (Å²) < 4.78 is 0. The van der Waals surface area contributed by atoms with Crippen molar-refractivity contribution in [2.24, 2.45) is 5.92 Å². The van der Waals surface area contributed by atoms with E-state index >= 15 is 0 Å². The summed E-state index contributed by atoms with van der Waals surface area (Å²) in [7, 11) is 0. The Balaban J connectivity index is 1.77. The van der Waals surface area contributed by atoms with Crippen LogP contribution in [0, 0.1) is 19.8 Å². The quantitative estimate of drug-likeness (QED) is 0.637. The van der Waals surface area contributed by atoms with Crippen LogP contribution < -0.4 is 16.0 Å². The second-order valence-corrected chi connectivity index (χ2v) is 6.29. The number of amides is 1. The Morgan fingerprint density at radius 1 is 1.41 bits per heavy atom. The molecule has 3 unspecified atom stereocenters. The Kier molecular flexibility index (Phi) is 5.94. The van der Waals surface area contributed by atoms with Crippen molar-refractivity contribution in [3.8, 4) is 0 Å². The largest absolute Gasteiger partial charge is 0.391 e. The first-order valence-electron chi connectivity index (χ1n) is 7.95.